The van der Waals surface area contributed by atoms with E-state index < -0.39 is 0 Å². The SMILES string of the molecule is C=C(c1cnc(C)c(C)c1)N1CCN(c2cnccn2)CC1.CC.CCCC.CO. The van der Waals surface area contributed by atoms with E-state index in [-0.39, 0.29) is 0 Å². The number of aliphatic hydroxyl groups excluding tert-OH is 1. The Morgan fingerprint density at radius 1 is 0.967 bits per heavy atom. The van der Waals surface area contributed by atoms with Gasteiger partial charge in [-0.1, -0.05) is 47.1 Å². The van der Waals surface area contributed by atoms with Gasteiger partial charge < -0.3 is 14.9 Å². The highest BCUT2D eigenvalue weighted by Gasteiger charge is 2.20. The number of rotatable bonds is 4. The van der Waals surface area contributed by atoms with Crippen molar-refractivity contribution in [3.63, 3.8) is 0 Å². The van der Waals surface area contributed by atoms with E-state index in [1.807, 2.05) is 33.2 Å². The lowest BCUT2D eigenvalue weighted by Gasteiger charge is -2.37. The molecule has 1 N–H and O–H groups in total. The number of pyridine rings is 1. The number of nitrogens with zero attached hydrogens (tertiary/aromatic N) is 5. The van der Waals surface area contributed by atoms with Crippen LogP contribution in [-0.2, 0) is 0 Å². The van der Waals surface area contributed by atoms with Crippen LogP contribution in [0.25, 0.3) is 5.70 Å². The van der Waals surface area contributed by atoms with Crippen LogP contribution in [0.2, 0.25) is 0 Å². The zero-order chi connectivity index (χ0) is 22.9. The summed E-state index contributed by atoms with van der Waals surface area (Å²) in [4.78, 5) is 17.5. The van der Waals surface area contributed by atoms with E-state index in [0.29, 0.717) is 0 Å². The maximum absolute atomic E-state index is 7.00. The predicted octanol–water partition coefficient (Wildman–Crippen LogP) is 4.72. The van der Waals surface area contributed by atoms with Crippen molar-refractivity contribution in [1.29, 1.82) is 0 Å². The summed E-state index contributed by atoms with van der Waals surface area (Å²) in [6.07, 6.45) is 9.81. The van der Waals surface area contributed by atoms with E-state index >= 15 is 0 Å². The van der Waals surface area contributed by atoms with Gasteiger partial charge in [0.2, 0.25) is 0 Å². The van der Waals surface area contributed by atoms with E-state index in [0.717, 1.165) is 56.1 Å². The van der Waals surface area contributed by atoms with Gasteiger partial charge in [-0.3, -0.25) is 9.97 Å². The minimum Gasteiger partial charge on any atom is -0.400 e. The zero-order valence-corrected chi connectivity index (χ0v) is 20.0. The molecule has 6 heteroatoms. The maximum Gasteiger partial charge on any atom is 0.147 e. The Balaban J connectivity index is 0.000000924. The van der Waals surface area contributed by atoms with E-state index in [2.05, 4.69) is 58.2 Å². The summed E-state index contributed by atoms with van der Waals surface area (Å²) in [5, 5.41) is 7.00. The number of hydrogen-bond acceptors (Lipinski definition) is 6. The van der Waals surface area contributed by atoms with Crippen LogP contribution in [0.1, 0.15) is 57.4 Å². The molecule has 0 amide bonds. The number of anilines is 1. The first kappa shape index (κ1) is 27.5. The number of hydrogen-bond donors (Lipinski definition) is 1. The monoisotopic (exact) mass is 415 g/mol. The van der Waals surface area contributed by atoms with Gasteiger partial charge in [0.15, 0.2) is 0 Å². The summed E-state index contributed by atoms with van der Waals surface area (Å²) in [6.45, 7) is 20.5. The van der Waals surface area contributed by atoms with Crippen LogP contribution in [0.3, 0.4) is 0 Å². The van der Waals surface area contributed by atoms with Gasteiger partial charge in [-0.2, -0.15) is 0 Å². The fourth-order valence-electron chi connectivity index (χ4n) is 2.64. The molecule has 1 aliphatic rings. The molecule has 0 bridgehead atoms. The average molecular weight is 416 g/mol. The third-order valence-corrected chi connectivity index (χ3v) is 4.71. The van der Waals surface area contributed by atoms with Gasteiger partial charge in [0.05, 0.1) is 6.20 Å². The van der Waals surface area contributed by atoms with Crippen molar-refractivity contribution in [2.45, 2.75) is 54.4 Å². The van der Waals surface area contributed by atoms with Crippen LogP contribution in [0.15, 0.2) is 37.4 Å². The molecule has 0 aromatic carbocycles. The Kier molecular flexibility index (Phi) is 15.0. The number of aromatic nitrogens is 3. The molecule has 0 unspecified atom stereocenters. The highest BCUT2D eigenvalue weighted by atomic mass is 16.2. The molecule has 0 spiro atoms. The molecule has 1 aliphatic heterocycles. The lowest BCUT2D eigenvalue weighted by molar-refractivity contribution is 0.366. The first-order valence-electron chi connectivity index (χ1n) is 10.9. The highest BCUT2D eigenvalue weighted by molar-refractivity contribution is 5.62. The number of aliphatic hydroxyl groups is 1. The quantitative estimate of drug-likeness (QED) is 0.779. The second kappa shape index (κ2) is 16.3. The molecule has 0 aliphatic carbocycles. The Bertz CT molecular complexity index is 696. The van der Waals surface area contributed by atoms with Crippen LogP contribution in [0, 0.1) is 13.8 Å². The van der Waals surface area contributed by atoms with Crippen molar-refractivity contribution < 1.29 is 5.11 Å². The van der Waals surface area contributed by atoms with Crippen LogP contribution in [0.5, 0.6) is 0 Å². The van der Waals surface area contributed by atoms with Crippen molar-refractivity contribution in [1.82, 2.24) is 19.9 Å². The second-order valence-corrected chi connectivity index (χ2v) is 6.61. The van der Waals surface area contributed by atoms with Gasteiger partial charge in [0, 0.05) is 68.8 Å². The average Bonchev–Trinajstić information content (AvgIpc) is 2.84. The summed E-state index contributed by atoms with van der Waals surface area (Å²) in [6, 6.07) is 2.17. The lowest BCUT2D eigenvalue weighted by Crippen LogP contribution is -2.45. The van der Waals surface area contributed by atoms with E-state index in [4.69, 9.17) is 5.11 Å². The molecule has 2 aromatic rings. The van der Waals surface area contributed by atoms with Gasteiger partial charge in [0.25, 0.3) is 0 Å². The maximum atomic E-state index is 7.00. The van der Waals surface area contributed by atoms with Crippen LogP contribution >= 0.6 is 0 Å². The minimum atomic E-state index is 0.927. The summed E-state index contributed by atoms with van der Waals surface area (Å²) in [7, 11) is 1.00. The van der Waals surface area contributed by atoms with Crippen molar-refractivity contribution >= 4 is 11.5 Å². The molecular weight excluding hydrogens is 374 g/mol. The molecule has 2 aromatic heterocycles. The lowest BCUT2D eigenvalue weighted by atomic mass is 10.1. The third-order valence-electron chi connectivity index (χ3n) is 4.71. The fourth-order valence-corrected chi connectivity index (χ4v) is 2.64. The van der Waals surface area contributed by atoms with Gasteiger partial charge in [-0.15, -0.1) is 0 Å². The standard InChI is InChI=1S/C17H21N5.C4H10.C2H6.CH4O/c1-13-10-16(11-20-14(13)2)15(3)21-6-8-22(9-7-21)17-12-18-4-5-19-17;1-3-4-2;2*1-2/h4-5,10-12H,3,6-9H2,1-2H3;3-4H2,1-2H3;1-2H3;2H,1H3. The van der Waals surface area contributed by atoms with Crippen molar-refractivity contribution in [2.24, 2.45) is 0 Å². The van der Waals surface area contributed by atoms with Gasteiger partial charge >= 0.3 is 0 Å². The first-order chi connectivity index (χ1) is 14.6. The van der Waals surface area contributed by atoms with Crippen LogP contribution < -0.4 is 4.90 Å². The number of unbranched alkanes of at least 4 members (excludes halogenated alkanes) is 1. The van der Waals surface area contributed by atoms with Crippen molar-refractivity contribution in [2.75, 3.05) is 38.2 Å². The molecule has 0 saturated carbocycles. The van der Waals surface area contributed by atoms with E-state index in [9.17, 15) is 0 Å². The number of piperazine rings is 1. The Morgan fingerprint density at radius 3 is 2.03 bits per heavy atom. The van der Waals surface area contributed by atoms with E-state index in [1.54, 1.807) is 12.4 Å². The molecule has 3 heterocycles. The molecule has 0 atom stereocenters. The largest absolute Gasteiger partial charge is 0.400 e. The van der Waals surface area contributed by atoms with Crippen molar-refractivity contribution in [3.8, 4) is 0 Å². The summed E-state index contributed by atoms with van der Waals surface area (Å²) < 4.78 is 0. The fraction of sp³-hybridized carbons (Fsp3) is 0.542. The van der Waals surface area contributed by atoms with Crippen LogP contribution in [0.4, 0.5) is 5.82 Å². The van der Waals surface area contributed by atoms with Crippen LogP contribution in [-0.4, -0.2) is 58.2 Å². The van der Waals surface area contributed by atoms with Crippen molar-refractivity contribution in [3.05, 3.63) is 54.3 Å². The molecule has 1 saturated heterocycles. The summed E-state index contributed by atoms with van der Waals surface area (Å²) >= 11 is 0. The Labute approximate surface area is 183 Å². The topological polar surface area (TPSA) is 65.4 Å². The summed E-state index contributed by atoms with van der Waals surface area (Å²) in [5.74, 6) is 0.945. The molecule has 6 nitrogen and oxygen atoms in total. The zero-order valence-electron chi connectivity index (χ0n) is 20.0. The number of aryl methyl sites for hydroxylation is 2. The van der Waals surface area contributed by atoms with E-state index in [1.165, 1.54) is 18.4 Å². The minimum absolute atomic E-state index is 0.927. The summed E-state index contributed by atoms with van der Waals surface area (Å²) in [5.41, 5.74) is 4.44. The van der Waals surface area contributed by atoms with Gasteiger partial charge in [-0.25, -0.2) is 4.98 Å². The molecule has 1 fully saturated rings. The van der Waals surface area contributed by atoms with Gasteiger partial charge in [-0.05, 0) is 25.5 Å². The third kappa shape index (κ3) is 8.91. The van der Waals surface area contributed by atoms with Gasteiger partial charge in [0.1, 0.15) is 5.82 Å². The first-order valence-corrected chi connectivity index (χ1v) is 10.9. The molecule has 30 heavy (non-hydrogen) atoms. The molecular formula is C24H41N5O. The molecule has 0 radical (unpaired) electrons. The highest BCUT2D eigenvalue weighted by Crippen LogP contribution is 2.21. The second-order valence-electron chi connectivity index (χ2n) is 6.61. The smallest absolute Gasteiger partial charge is 0.147 e. The normalized spacial score (nSPS) is 12.4. The molecule has 168 valence electrons. The molecule has 3 rings (SSSR count). The predicted molar refractivity (Wildman–Crippen MR) is 129 cm³/mol. The Morgan fingerprint density at radius 2 is 1.57 bits per heavy atom. The Hall–Kier alpha value is -2.47.